The highest BCUT2D eigenvalue weighted by atomic mass is 127. The number of sulfone groups is 1. The van der Waals surface area contributed by atoms with Crippen LogP contribution in [0.3, 0.4) is 0 Å². The molecule has 0 aliphatic rings. The van der Waals surface area contributed by atoms with E-state index in [9.17, 15) is 8.42 Å². The SMILES string of the molecule is CCNC(=NCCS(=O)(=O)c1ccccc1)NC(C)CCc1ccccc1.I. The van der Waals surface area contributed by atoms with Crippen LogP contribution in [0.2, 0.25) is 0 Å². The van der Waals surface area contributed by atoms with Crippen molar-refractivity contribution in [3.05, 3.63) is 66.2 Å². The third-order valence-corrected chi connectivity index (χ3v) is 5.88. The predicted octanol–water partition coefficient (Wildman–Crippen LogP) is 3.65. The van der Waals surface area contributed by atoms with Gasteiger partial charge in [0.1, 0.15) is 0 Å². The van der Waals surface area contributed by atoms with Crippen LogP contribution in [0, 0.1) is 0 Å². The molecule has 0 amide bonds. The van der Waals surface area contributed by atoms with Gasteiger partial charge >= 0.3 is 0 Å². The Hall–Kier alpha value is -1.61. The maximum absolute atomic E-state index is 12.3. The van der Waals surface area contributed by atoms with Crippen LogP contribution in [0.4, 0.5) is 0 Å². The fourth-order valence-electron chi connectivity index (χ4n) is 2.68. The molecule has 2 aromatic carbocycles. The van der Waals surface area contributed by atoms with E-state index in [1.54, 1.807) is 30.3 Å². The van der Waals surface area contributed by atoms with E-state index in [-0.39, 0.29) is 42.3 Å². The minimum absolute atomic E-state index is 0. The normalized spacial score (nSPS) is 12.7. The molecule has 1 unspecified atom stereocenters. The lowest BCUT2D eigenvalue weighted by Gasteiger charge is -2.18. The first kappa shape index (κ1) is 24.4. The quantitative estimate of drug-likeness (QED) is 0.304. The highest BCUT2D eigenvalue weighted by Crippen LogP contribution is 2.09. The lowest BCUT2D eigenvalue weighted by molar-refractivity contribution is 0.591. The number of aliphatic imine (C=N–C) groups is 1. The van der Waals surface area contributed by atoms with Crippen molar-refractivity contribution >= 4 is 39.8 Å². The zero-order valence-electron chi connectivity index (χ0n) is 16.5. The molecule has 1 atom stereocenters. The number of hydrogen-bond acceptors (Lipinski definition) is 3. The summed E-state index contributed by atoms with van der Waals surface area (Å²) in [5.74, 6) is 0.646. The van der Waals surface area contributed by atoms with Crippen molar-refractivity contribution in [2.24, 2.45) is 4.99 Å². The van der Waals surface area contributed by atoms with Gasteiger partial charge in [-0.15, -0.1) is 24.0 Å². The Morgan fingerprint density at radius 2 is 1.64 bits per heavy atom. The van der Waals surface area contributed by atoms with Gasteiger partial charge in [-0.1, -0.05) is 48.5 Å². The molecule has 0 aliphatic heterocycles. The Balaban J connectivity index is 0.00000392. The molecule has 0 radical (unpaired) electrons. The molecule has 2 aromatic rings. The summed E-state index contributed by atoms with van der Waals surface area (Å²) in [7, 11) is -3.31. The van der Waals surface area contributed by atoms with Gasteiger partial charge in [0.2, 0.25) is 0 Å². The van der Waals surface area contributed by atoms with Crippen molar-refractivity contribution in [1.29, 1.82) is 0 Å². The third kappa shape index (κ3) is 8.60. The number of rotatable bonds is 9. The lowest BCUT2D eigenvalue weighted by atomic mass is 10.1. The van der Waals surface area contributed by atoms with E-state index >= 15 is 0 Å². The van der Waals surface area contributed by atoms with Crippen LogP contribution in [-0.2, 0) is 16.3 Å². The first-order chi connectivity index (χ1) is 13.0. The number of nitrogens with zero attached hydrogens (tertiary/aromatic N) is 1. The van der Waals surface area contributed by atoms with Crippen LogP contribution >= 0.6 is 24.0 Å². The Morgan fingerprint density at radius 3 is 2.25 bits per heavy atom. The van der Waals surface area contributed by atoms with Gasteiger partial charge in [0, 0.05) is 12.6 Å². The Kier molecular flexibility index (Phi) is 11.1. The smallest absolute Gasteiger partial charge is 0.191 e. The molecule has 2 N–H and O–H groups in total. The number of nitrogens with one attached hydrogen (secondary N) is 2. The highest BCUT2D eigenvalue weighted by Gasteiger charge is 2.13. The van der Waals surface area contributed by atoms with Gasteiger partial charge in [-0.3, -0.25) is 4.99 Å². The van der Waals surface area contributed by atoms with E-state index in [2.05, 4.69) is 34.7 Å². The number of hydrogen-bond donors (Lipinski definition) is 2. The van der Waals surface area contributed by atoms with Gasteiger partial charge in [-0.05, 0) is 44.4 Å². The van der Waals surface area contributed by atoms with Crippen LogP contribution in [0.5, 0.6) is 0 Å². The first-order valence-corrected chi connectivity index (χ1v) is 11.0. The Labute approximate surface area is 186 Å². The second-order valence-corrected chi connectivity index (χ2v) is 8.57. The van der Waals surface area contributed by atoms with Crippen molar-refractivity contribution < 1.29 is 8.42 Å². The standard InChI is InChI=1S/C21H29N3O2S.HI/c1-3-22-21(24-18(2)14-15-19-10-6-4-7-11-19)23-16-17-27(25,26)20-12-8-5-9-13-20;/h4-13,18H,3,14-17H2,1-2H3,(H2,22,23,24);1H. The first-order valence-electron chi connectivity index (χ1n) is 9.38. The summed E-state index contributed by atoms with van der Waals surface area (Å²) >= 11 is 0. The molecular weight excluding hydrogens is 485 g/mol. The van der Waals surface area contributed by atoms with Crippen LogP contribution < -0.4 is 10.6 Å². The van der Waals surface area contributed by atoms with Crippen molar-refractivity contribution in [2.45, 2.75) is 37.6 Å². The van der Waals surface area contributed by atoms with Gasteiger partial charge in [-0.25, -0.2) is 8.42 Å². The van der Waals surface area contributed by atoms with E-state index in [4.69, 9.17) is 0 Å². The highest BCUT2D eigenvalue weighted by molar-refractivity contribution is 14.0. The molecule has 0 aromatic heterocycles. The van der Waals surface area contributed by atoms with Crippen LogP contribution in [0.1, 0.15) is 25.8 Å². The molecule has 154 valence electrons. The number of halogens is 1. The summed E-state index contributed by atoms with van der Waals surface area (Å²) in [5.41, 5.74) is 1.31. The summed E-state index contributed by atoms with van der Waals surface area (Å²) < 4.78 is 24.7. The maximum atomic E-state index is 12.3. The molecule has 0 saturated heterocycles. The monoisotopic (exact) mass is 515 g/mol. The second kappa shape index (κ2) is 12.8. The fraction of sp³-hybridized carbons (Fsp3) is 0.381. The number of aryl methyl sites for hydroxylation is 1. The summed E-state index contributed by atoms with van der Waals surface area (Å²) in [6.07, 6.45) is 1.95. The molecule has 0 saturated carbocycles. The topological polar surface area (TPSA) is 70.6 Å². The van der Waals surface area contributed by atoms with Gasteiger partial charge in [-0.2, -0.15) is 0 Å². The van der Waals surface area contributed by atoms with E-state index in [1.807, 2.05) is 25.1 Å². The zero-order chi connectivity index (χ0) is 19.5. The van der Waals surface area contributed by atoms with Crippen LogP contribution in [0.25, 0.3) is 0 Å². The van der Waals surface area contributed by atoms with E-state index in [0.717, 1.165) is 19.4 Å². The molecule has 0 aliphatic carbocycles. The summed E-state index contributed by atoms with van der Waals surface area (Å²) in [6, 6.07) is 19.1. The molecule has 28 heavy (non-hydrogen) atoms. The molecule has 0 heterocycles. The lowest BCUT2D eigenvalue weighted by Crippen LogP contribution is -2.42. The Bertz CT molecular complexity index is 812. The molecular formula is C21H30IN3O2S. The van der Waals surface area contributed by atoms with Crippen molar-refractivity contribution in [1.82, 2.24) is 10.6 Å². The van der Waals surface area contributed by atoms with E-state index in [1.165, 1.54) is 5.56 Å². The molecule has 2 rings (SSSR count). The fourth-order valence-corrected chi connectivity index (χ4v) is 3.82. The summed E-state index contributed by atoms with van der Waals surface area (Å²) in [5, 5.41) is 6.54. The minimum atomic E-state index is -3.31. The van der Waals surface area contributed by atoms with Crippen LogP contribution in [0.15, 0.2) is 70.6 Å². The summed E-state index contributed by atoms with van der Waals surface area (Å²) in [4.78, 5) is 4.78. The average Bonchev–Trinajstić information content (AvgIpc) is 2.68. The van der Waals surface area contributed by atoms with Crippen LogP contribution in [-0.4, -0.2) is 39.3 Å². The van der Waals surface area contributed by atoms with Crippen molar-refractivity contribution in [3.63, 3.8) is 0 Å². The van der Waals surface area contributed by atoms with Gasteiger partial charge < -0.3 is 10.6 Å². The predicted molar refractivity (Wildman–Crippen MR) is 127 cm³/mol. The van der Waals surface area contributed by atoms with Gasteiger partial charge in [0.25, 0.3) is 0 Å². The second-order valence-electron chi connectivity index (χ2n) is 6.46. The number of benzene rings is 2. The van der Waals surface area contributed by atoms with E-state index < -0.39 is 9.84 Å². The zero-order valence-corrected chi connectivity index (χ0v) is 19.6. The minimum Gasteiger partial charge on any atom is -0.357 e. The third-order valence-electron chi connectivity index (χ3n) is 4.17. The largest absolute Gasteiger partial charge is 0.357 e. The molecule has 0 fully saturated rings. The molecule has 0 spiro atoms. The van der Waals surface area contributed by atoms with E-state index in [0.29, 0.717) is 10.9 Å². The van der Waals surface area contributed by atoms with Crippen molar-refractivity contribution in [2.75, 3.05) is 18.8 Å². The Morgan fingerprint density at radius 1 is 1.04 bits per heavy atom. The average molecular weight is 515 g/mol. The summed E-state index contributed by atoms with van der Waals surface area (Å²) in [6.45, 7) is 5.05. The van der Waals surface area contributed by atoms with Gasteiger partial charge in [0.05, 0.1) is 17.2 Å². The van der Waals surface area contributed by atoms with Gasteiger partial charge in [0.15, 0.2) is 15.8 Å². The molecule has 5 nitrogen and oxygen atoms in total. The molecule has 0 bridgehead atoms. The maximum Gasteiger partial charge on any atom is 0.191 e. The number of guanidine groups is 1. The molecule has 7 heteroatoms. The van der Waals surface area contributed by atoms with Crippen molar-refractivity contribution in [3.8, 4) is 0 Å².